The Labute approximate surface area is 176 Å². The van der Waals surface area contributed by atoms with Crippen molar-refractivity contribution in [1.29, 1.82) is 0 Å². The molecule has 1 aliphatic heterocycles. The number of fused-ring (bicyclic) bond motifs is 1. The zero-order valence-corrected chi connectivity index (χ0v) is 17.3. The molecular formula is C26H24N2O2. The molecule has 2 aliphatic rings. The molecule has 1 amide bonds. The molecular weight excluding hydrogens is 372 g/mol. The number of hydrogen-bond acceptors (Lipinski definition) is 3. The standard InChI is InChI=1S/C26H24N2O2/c1-26(2)15-22-25(23(29)16-26)21(18-9-11-27-12-10-18)14-24(30)28(22)20-8-7-17-5-3-4-6-19(17)13-20/h3-13,21H,14-16H2,1-2H3. The fourth-order valence-corrected chi connectivity index (χ4v) is 4.91. The van der Waals surface area contributed by atoms with Gasteiger partial charge in [0, 0.05) is 48.1 Å². The molecule has 1 aliphatic carbocycles. The molecule has 4 heteroatoms. The Morgan fingerprint density at radius 2 is 1.67 bits per heavy atom. The lowest BCUT2D eigenvalue weighted by Gasteiger charge is -2.43. The maximum absolute atomic E-state index is 13.5. The molecule has 4 nitrogen and oxygen atoms in total. The van der Waals surface area contributed by atoms with Crippen molar-refractivity contribution in [2.24, 2.45) is 5.41 Å². The van der Waals surface area contributed by atoms with Crippen LogP contribution in [0.15, 0.2) is 78.3 Å². The molecule has 1 atom stereocenters. The number of amides is 1. The van der Waals surface area contributed by atoms with E-state index in [1.165, 1.54) is 0 Å². The van der Waals surface area contributed by atoms with Crippen molar-refractivity contribution in [3.63, 3.8) is 0 Å². The van der Waals surface area contributed by atoms with Gasteiger partial charge in [0.2, 0.25) is 5.91 Å². The van der Waals surface area contributed by atoms with Gasteiger partial charge in [-0.2, -0.15) is 0 Å². The van der Waals surface area contributed by atoms with Crippen molar-refractivity contribution in [3.8, 4) is 0 Å². The van der Waals surface area contributed by atoms with E-state index in [1.54, 1.807) is 17.3 Å². The molecule has 1 unspecified atom stereocenters. The summed E-state index contributed by atoms with van der Waals surface area (Å²) >= 11 is 0. The molecule has 2 heterocycles. The number of aromatic nitrogens is 1. The third-order valence-corrected chi connectivity index (χ3v) is 6.24. The number of pyridine rings is 1. The first-order valence-corrected chi connectivity index (χ1v) is 10.4. The van der Waals surface area contributed by atoms with Gasteiger partial charge < -0.3 is 0 Å². The lowest BCUT2D eigenvalue weighted by molar-refractivity contribution is -0.121. The quantitative estimate of drug-likeness (QED) is 0.583. The van der Waals surface area contributed by atoms with Crippen molar-refractivity contribution in [3.05, 3.63) is 83.8 Å². The Morgan fingerprint density at radius 3 is 2.43 bits per heavy atom. The van der Waals surface area contributed by atoms with Gasteiger partial charge in [-0.1, -0.05) is 44.2 Å². The van der Waals surface area contributed by atoms with Gasteiger partial charge in [0.05, 0.1) is 0 Å². The first kappa shape index (κ1) is 18.7. The third kappa shape index (κ3) is 3.13. The van der Waals surface area contributed by atoms with Crippen molar-refractivity contribution >= 4 is 28.2 Å². The Bertz CT molecular complexity index is 1190. The largest absolute Gasteiger partial charge is 0.294 e. The van der Waals surface area contributed by atoms with Crippen LogP contribution in [0, 0.1) is 5.41 Å². The summed E-state index contributed by atoms with van der Waals surface area (Å²) in [4.78, 5) is 32.7. The lowest BCUT2D eigenvalue weighted by atomic mass is 9.69. The molecule has 150 valence electrons. The number of Topliss-reactive ketones (excluding diaryl/α,β-unsaturated/α-hetero) is 1. The number of carbonyl (C=O) groups excluding carboxylic acids is 2. The van der Waals surface area contributed by atoms with Gasteiger partial charge in [-0.25, -0.2) is 0 Å². The fourth-order valence-electron chi connectivity index (χ4n) is 4.91. The van der Waals surface area contributed by atoms with E-state index in [0.717, 1.165) is 33.3 Å². The number of carbonyl (C=O) groups is 2. The number of benzene rings is 2. The minimum atomic E-state index is -0.198. The van der Waals surface area contributed by atoms with Crippen LogP contribution in [-0.4, -0.2) is 16.7 Å². The molecule has 0 radical (unpaired) electrons. The van der Waals surface area contributed by atoms with E-state index in [1.807, 2.05) is 36.4 Å². The smallest absolute Gasteiger partial charge is 0.232 e. The minimum absolute atomic E-state index is 0.0383. The van der Waals surface area contributed by atoms with Gasteiger partial charge in [0.25, 0.3) is 0 Å². The molecule has 0 fully saturated rings. The lowest BCUT2D eigenvalue weighted by Crippen LogP contribution is -2.43. The molecule has 0 N–H and O–H groups in total. The van der Waals surface area contributed by atoms with Gasteiger partial charge in [0.15, 0.2) is 5.78 Å². The van der Waals surface area contributed by atoms with Gasteiger partial charge in [-0.3, -0.25) is 19.5 Å². The Hall–Kier alpha value is -3.27. The van der Waals surface area contributed by atoms with Gasteiger partial charge in [0.1, 0.15) is 0 Å². The zero-order valence-electron chi connectivity index (χ0n) is 17.3. The summed E-state index contributed by atoms with van der Waals surface area (Å²) in [5, 5.41) is 2.22. The SMILES string of the molecule is CC1(C)CC(=O)C2=C(C1)N(c1ccc3ccccc3c1)C(=O)CC2c1ccncc1. The second-order valence-corrected chi connectivity index (χ2v) is 9.10. The number of allylic oxidation sites excluding steroid dienone is 2. The molecule has 5 rings (SSSR count). The van der Waals surface area contributed by atoms with Crippen molar-refractivity contribution < 1.29 is 9.59 Å². The predicted molar refractivity (Wildman–Crippen MR) is 118 cm³/mol. The van der Waals surface area contributed by atoms with Crippen molar-refractivity contribution in [2.45, 2.75) is 39.0 Å². The summed E-state index contributed by atoms with van der Waals surface area (Å²) < 4.78 is 0. The first-order chi connectivity index (χ1) is 14.4. The molecule has 2 aromatic carbocycles. The Balaban J connectivity index is 1.70. The number of anilines is 1. The average molecular weight is 396 g/mol. The highest BCUT2D eigenvalue weighted by molar-refractivity contribution is 6.08. The number of hydrogen-bond donors (Lipinski definition) is 0. The van der Waals surface area contributed by atoms with Crippen LogP contribution in [-0.2, 0) is 9.59 Å². The van der Waals surface area contributed by atoms with Crippen LogP contribution >= 0.6 is 0 Å². The van der Waals surface area contributed by atoms with E-state index in [4.69, 9.17) is 0 Å². The van der Waals surface area contributed by atoms with E-state index in [0.29, 0.717) is 19.3 Å². The van der Waals surface area contributed by atoms with Crippen LogP contribution in [0.3, 0.4) is 0 Å². The second-order valence-electron chi connectivity index (χ2n) is 9.10. The summed E-state index contributed by atoms with van der Waals surface area (Å²) in [5.74, 6) is -0.00602. The van der Waals surface area contributed by atoms with Crippen molar-refractivity contribution in [2.75, 3.05) is 4.90 Å². The molecule has 0 spiro atoms. The third-order valence-electron chi connectivity index (χ3n) is 6.24. The molecule has 0 bridgehead atoms. The second kappa shape index (κ2) is 6.91. The predicted octanol–water partition coefficient (Wildman–Crippen LogP) is 5.40. The van der Waals surface area contributed by atoms with Crippen LogP contribution in [0.2, 0.25) is 0 Å². The normalized spacial score (nSPS) is 21.1. The van der Waals surface area contributed by atoms with Crippen LogP contribution in [0.1, 0.15) is 44.6 Å². The van der Waals surface area contributed by atoms with Gasteiger partial charge in [-0.05, 0) is 52.4 Å². The minimum Gasteiger partial charge on any atom is -0.294 e. The highest BCUT2D eigenvalue weighted by atomic mass is 16.2. The van der Waals surface area contributed by atoms with E-state index < -0.39 is 0 Å². The zero-order chi connectivity index (χ0) is 20.9. The highest BCUT2D eigenvalue weighted by Gasteiger charge is 2.44. The maximum Gasteiger partial charge on any atom is 0.232 e. The molecule has 30 heavy (non-hydrogen) atoms. The Morgan fingerprint density at radius 1 is 0.933 bits per heavy atom. The summed E-state index contributed by atoms with van der Waals surface area (Å²) in [6, 6.07) is 18.1. The Kier molecular flexibility index (Phi) is 4.31. The fraction of sp³-hybridized carbons (Fsp3) is 0.269. The van der Waals surface area contributed by atoms with Crippen LogP contribution in [0.4, 0.5) is 5.69 Å². The summed E-state index contributed by atoms with van der Waals surface area (Å²) in [5.41, 5.74) is 3.31. The number of ketones is 1. The maximum atomic E-state index is 13.5. The van der Waals surface area contributed by atoms with Crippen LogP contribution in [0.5, 0.6) is 0 Å². The number of nitrogens with zero attached hydrogens (tertiary/aromatic N) is 2. The van der Waals surface area contributed by atoms with E-state index >= 15 is 0 Å². The summed E-state index contributed by atoms with van der Waals surface area (Å²) in [6.07, 6.45) is 4.96. The summed E-state index contributed by atoms with van der Waals surface area (Å²) in [6.45, 7) is 4.21. The van der Waals surface area contributed by atoms with Crippen LogP contribution < -0.4 is 4.90 Å². The summed E-state index contributed by atoms with van der Waals surface area (Å²) in [7, 11) is 0. The van der Waals surface area contributed by atoms with Crippen LogP contribution in [0.25, 0.3) is 10.8 Å². The van der Waals surface area contributed by atoms with E-state index in [-0.39, 0.29) is 23.0 Å². The molecule has 0 saturated heterocycles. The molecule has 1 aromatic heterocycles. The number of rotatable bonds is 2. The molecule has 3 aromatic rings. The highest BCUT2D eigenvalue weighted by Crippen LogP contribution is 2.48. The van der Waals surface area contributed by atoms with Gasteiger partial charge in [-0.15, -0.1) is 0 Å². The monoisotopic (exact) mass is 396 g/mol. The molecule has 0 saturated carbocycles. The van der Waals surface area contributed by atoms with E-state index in [9.17, 15) is 9.59 Å². The van der Waals surface area contributed by atoms with Crippen molar-refractivity contribution in [1.82, 2.24) is 4.98 Å². The topological polar surface area (TPSA) is 50.3 Å². The van der Waals surface area contributed by atoms with Gasteiger partial charge >= 0.3 is 0 Å². The first-order valence-electron chi connectivity index (χ1n) is 10.4. The van der Waals surface area contributed by atoms with E-state index in [2.05, 4.69) is 37.0 Å². The average Bonchev–Trinajstić information content (AvgIpc) is 2.72.